The van der Waals surface area contributed by atoms with Gasteiger partial charge >= 0.3 is 0 Å². The molecule has 1 aromatic carbocycles. The van der Waals surface area contributed by atoms with Gasteiger partial charge in [-0.2, -0.15) is 0 Å². The summed E-state index contributed by atoms with van der Waals surface area (Å²) in [5, 5.41) is 5.44. The minimum Gasteiger partial charge on any atom is -0.493 e. The number of hydrogen-bond donors (Lipinski definition) is 2. The highest BCUT2D eigenvalue weighted by Crippen LogP contribution is 2.28. The molecule has 0 spiro atoms. The van der Waals surface area contributed by atoms with E-state index < -0.39 is 0 Å². The van der Waals surface area contributed by atoms with E-state index in [1.807, 2.05) is 32.0 Å². The molecule has 0 saturated carbocycles. The van der Waals surface area contributed by atoms with Crippen LogP contribution in [0.4, 0.5) is 0 Å². The molecule has 7 heteroatoms. The first-order chi connectivity index (χ1) is 13.4. The Morgan fingerprint density at radius 1 is 1.11 bits per heavy atom. The summed E-state index contributed by atoms with van der Waals surface area (Å²) in [6.07, 6.45) is 0.747. The van der Waals surface area contributed by atoms with Gasteiger partial charge < -0.3 is 25.0 Å². The topological polar surface area (TPSA) is 79.9 Å². The Morgan fingerprint density at radius 3 is 2.43 bits per heavy atom. The number of amides is 2. The Morgan fingerprint density at radius 2 is 1.82 bits per heavy atom. The van der Waals surface area contributed by atoms with E-state index in [1.54, 1.807) is 7.11 Å². The van der Waals surface area contributed by atoms with Crippen molar-refractivity contribution < 1.29 is 19.1 Å². The van der Waals surface area contributed by atoms with Crippen LogP contribution in [0.25, 0.3) is 0 Å². The maximum atomic E-state index is 11.9. The van der Waals surface area contributed by atoms with Crippen LogP contribution in [0.5, 0.6) is 11.5 Å². The second-order valence-electron chi connectivity index (χ2n) is 6.66. The fourth-order valence-corrected chi connectivity index (χ4v) is 2.56. The van der Waals surface area contributed by atoms with Crippen molar-refractivity contribution in [2.24, 2.45) is 5.92 Å². The monoisotopic (exact) mass is 393 g/mol. The number of ether oxygens (including phenoxy) is 2. The molecular formula is C21H35N3O4. The molecule has 0 aliphatic rings. The van der Waals surface area contributed by atoms with Gasteiger partial charge in [-0.1, -0.05) is 33.8 Å². The molecule has 1 aromatic rings. The molecule has 1 unspecified atom stereocenters. The molecule has 0 fully saturated rings. The zero-order valence-corrected chi connectivity index (χ0v) is 17.8. The summed E-state index contributed by atoms with van der Waals surface area (Å²) in [6.45, 7) is 11.8. The van der Waals surface area contributed by atoms with Crippen molar-refractivity contribution in [2.75, 3.05) is 39.9 Å². The average molecular weight is 394 g/mol. The molecule has 28 heavy (non-hydrogen) atoms. The van der Waals surface area contributed by atoms with Gasteiger partial charge in [0.2, 0.25) is 11.8 Å². The van der Waals surface area contributed by atoms with Gasteiger partial charge in [0.15, 0.2) is 11.5 Å². The maximum absolute atomic E-state index is 11.9. The molecule has 0 bridgehead atoms. The lowest BCUT2D eigenvalue weighted by atomic mass is 10.1. The van der Waals surface area contributed by atoms with Crippen molar-refractivity contribution in [1.82, 2.24) is 15.5 Å². The highest BCUT2D eigenvalue weighted by atomic mass is 16.5. The second kappa shape index (κ2) is 13.0. The number of nitrogens with one attached hydrogen (secondary N) is 2. The van der Waals surface area contributed by atoms with Crippen LogP contribution in [-0.4, -0.2) is 56.6 Å². The lowest BCUT2D eigenvalue weighted by molar-refractivity contribution is -0.128. The summed E-state index contributed by atoms with van der Waals surface area (Å²) in [6, 6.07) is 5.60. The molecule has 0 aliphatic heterocycles. The van der Waals surface area contributed by atoms with Crippen LogP contribution in [0.2, 0.25) is 0 Å². The van der Waals surface area contributed by atoms with Crippen LogP contribution in [0.15, 0.2) is 18.2 Å². The predicted octanol–water partition coefficient (Wildman–Crippen LogP) is 2.19. The van der Waals surface area contributed by atoms with Crippen LogP contribution >= 0.6 is 0 Å². The number of likely N-dealkylation sites (N-methyl/N-ethyl adjacent to an activating group) is 1. The van der Waals surface area contributed by atoms with Gasteiger partial charge in [0.1, 0.15) is 6.61 Å². The number of hydrogen-bond acceptors (Lipinski definition) is 5. The molecule has 158 valence electrons. The van der Waals surface area contributed by atoms with E-state index >= 15 is 0 Å². The SMILES string of the molecule is CCC(C)C(=O)NCC(=O)NCc1ccc(OCCN(CC)CC)c(OC)c1. The first kappa shape index (κ1) is 23.8. The largest absolute Gasteiger partial charge is 0.493 e. The number of methoxy groups -OCH3 is 1. The maximum Gasteiger partial charge on any atom is 0.239 e. The smallest absolute Gasteiger partial charge is 0.239 e. The minimum absolute atomic E-state index is 0.0210. The van der Waals surface area contributed by atoms with Crippen LogP contribution in [0.1, 0.15) is 39.7 Å². The molecule has 0 aliphatic carbocycles. The Bertz CT molecular complexity index is 618. The number of nitrogens with zero attached hydrogens (tertiary/aromatic N) is 1. The van der Waals surface area contributed by atoms with E-state index in [4.69, 9.17) is 9.47 Å². The molecule has 0 radical (unpaired) electrons. The normalized spacial score (nSPS) is 11.8. The lowest BCUT2D eigenvalue weighted by Gasteiger charge is -2.19. The zero-order valence-electron chi connectivity index (χ0n) is 17.8. The third kappa shape index (κ3) is 8.17. The summed E-state index contributed by atoms with van der Waals surface area (Å²) < 4.78 is 11.3. The average Bonchev–Trinajstić information content (AvgIpc) is 2.73. The van der Waals surface area contributed by atoms with Gasteiger partial charge in [0.25, 0.3) is 0 Å². The van der Waals surface area contributed by atoms with Crippen molar-refractivity contribution in [3.8, 4) is 11.5 Å². The van der Waals surface area contributed by atoms with Crippen LogP contribution in [0, 0.1) is 5.92 Å². The summed E-state index contributed by atoms with van der Waals surface area (Å²) in [7, 11) is 1.60. The Kier molecular flexibility index (Phi) is 11.0. The number of rotatable bonds is 13. The second-order valence-corrected chi connectivity index (χ2v) is 6.66. The predicted molar refractivity (Wildman–Crippen MR) is 111 cm³/mol. The highest BCUT2D eigenvalue weighted by Gasteiger charge is 2.12. The molecule has 2 amide bonds. The Hall–Kier alpha value is -2.28. The van der Waals surface area contributed by atoms with Gasteiger partial charge in [-0.05, 0) is 37.2 Å². The fourth-order valence-electron chi connectivity index (χ4n) is 2.56. The van der Waals surface area contributed by atoms with Gasteiger partial charge in [0, 0.05) is 19.0 Å². The first-order valence-electron chi connectivity index (χ1n) is 10.0. The van der Waals surface area contributed by atoms with Crippen molar-refractivity contribution >= 4 is 11.8 Å². The van der Waals surface area contributed by atoms with E-state index in [9.17, 15) is 9.59 Å². The summed E-state index contributed by atoms with van der Waals surface area (Å²) in [5.74, 6) is 0.897. The summed E-state index contributed by atoms with van der Waals surface area (Å²) >= 11 is 0. The molecule has 2 N–H and O–H groups in total. The highest BCUT2D eigenvalue weighted by molar-refractivity contribution is 5.85. The molecule has 0 heterocycles. The van der Waals surface area contributed by atoms with Crippen molar-refractivity contribution in [3.05, 3.63) is 23.8 Å². The van der Waals surface area contributed by atoms with Crippen molar-refractivity contribution in [3.63, 3.8) is 0 Å². The van der Waals surface area contributed by atoms with Gasteiger partial charge in [-0.3, -0.25) is 9.59 Å². The lowest BCUT2D eigenvalue weighted by Crippen LogP contribution is -2.38. The fraction of sp³-hybridized carbons (Fsp3) is 0.619. The van der Waals surface area contributed by atoms with E-state index in [1.165, 1.54) is 0 Å². The van der Waals surface area contributed by atoms with E-state index in [0.29, 0.717) is 24.7 Å². The van der Waals surface area contributed by atoms with E-state index in [2.05, 4.69) is 29.4 Å². The Labute approximate surface area is 168 Å². The molecule has 1 atom stereocenters. The molecule has 0 saturated heterocycles. The van der Waals surface area contributed by atoms with Crippen LogP contribution < -0.4 is 20.1 Å². The number of benzene rings is 1. The minimum atomic E-state index is -0.227. The number of carbonyl (C=O) groups excluding carboxylic acids is 2. The van der Waals surface area contributed by atoms with Crippen molar-refractivity contribution in [2.45, 2.75) is 40.7 Å². The van der Waals surface area contributed by atoms with E-state index in [0.717, 1.165) is 31.6 Å². The molecule has 7 nitrogen and oxygen atoms in total. The number of carbonyl (C=O) groups is 2. The Balaban J connectivity index is 2.50. The molecule has 1 rings (SSSR count). The van der Waals surface area contributed by atoms with E-state index in [-0.39, 0.29) is 24.3 Å². The standard InChI is InChI=1S/C21H35N3O4/c1-6-16(4)21(26)23-15-20(25)22-14-17-9-10-18(19(13-17)27-5)28-12-11-24(7-2)8-3/h9-10,13,16H,6-8,11-12,14-15H2,1-5H3,(H,22,25)(H,23,26). The molecule has 0 aromatic heterocycles. The van der Waals surface area contributed by atoms with Gasteiger partial charge in [-0.25, -0.2) is 0 Å². The van der Waals surface area contributed by atoms with Crippen LogP contribution in [-0.2, 0) is 16.1 Å². The third-order valence-corrected chi connectivity index (χ3v) is 4.76. The quantitative estimate of drug-likeness (QED) is 0.537. The van der Waals surface area contributed by atoms with Crippen molar-refractivity contribution in [1.29, 1.82) is 0 Å². The van der Waals surface area contributed by atoms with Gasteiger partial charge in [0.05, 0.1) is 13.7 Å². The zero-order chi connectivity index (χ0) is 20.9. The first-order valence-corrected chi connectivity index (χ1v) is 10.0. The van der Waals surface area contributed by atoms with Gasteiger partial charge in [-0.15, -0.1) is 0 Å². The molecular weight excluding hydrogens is 358 g/mol. The summed E-state index contributed by atoms with van der Waals surface area (Å²) in [4.78, 5) is 25.9. The third-order valence-electron chi connectivity index (χ3n) is 4.76. The van der Waals surface area contributed by atoms with Crippen LogP contribution in [0.3, 0.4) is 0 Å². The summed E-state index contributed by atoms with van der Waals surface area (Å²) in [5.41, 5.74) is 0.898.